The minimum absolute atomic E-state index is 0.0286. The van der Waals surface area contributed by atoms with Gasteiger partial charge >= 0.3 is 0 Å². The molecule has 0 aromatic rings. The molecule has 3 nitrogen and oxygen atoms in total. The molecule has 0 aromatic carbocycles. The number of aliphatic hydroxyl groups excluding tert-OH is 1. The van der Waals surface area contributed by atoms with Gasteiger partial charge in [0.15, 0.2) is 0 Å². The molecule has 0 radical (unpaired) electrons. The van der Waals surface area contributed by atoms with E-state index in [0.29, 0.717) is 5.92 Å². The molecule has 0 spiro atoms. The van der Waals surface area contributed by atoms with E-state index in [1.54, 1.807) is 0 Å². The van der Waals surface area contributed by atoms with Gasteiger partial charge in [-0.1, -0.05) is 13.8 Å². The predicted molar refractivity (Wildman–Crippen MR) is 61.9 cm³/mol. The van der Waals surface area contributed by atoms with E-state index in [0.717, 1.165) is 51.5 Å². The Morgan fingerprint density at radius 1 is 1.33 bits per heavy atom. The van der Waals surface area contributed by atoms with E-state index in [1.807, 2.05) is 0 Å². The summed E-state index contributed by atoms with van der Waals surface area (Å²) in [4.78, 5) is 0. The molecule has 0 unspecified atom stereocenters. The number of aliphatic hydroxyl groups is 1. The van der Waals surface area contributed by atoms with E-state index in [1.165, 1.54) is 0 Å². The van der Waals surface area contributed by atoms with Gasteiger partial charge in [0.05, 0.1) is 12.7 Å². The monoisotopic (exact) mass is 215 g/mol. The summed E-state index contributed by atoms with van der Waals surface area (Å²) in [6.45, 7) is 8.08. The Bertz CT molecular complexity index is 156. The van der Waals surface area contributed by atoms with Crippen LogP contribution in [0.15, 0.2) is 0 Å². The molecular formula is C12H25NO2. The van der Waals surface area contributed by atoms with Crippen LogP contribution < -0.4 is 5.32 Å². The zero-order valence-electron chi connectivity index (χ0n) is 10.0. The van der Waals surface area contributed by atoms with Gasteiger partial charge in [0.1, 0.15) is 0 Å². The van der Waals surface area contributed by atoms with Crippen molar-refractivity contribution >= 4 is 0 Å². The first-order chi connectivity index (χ1) is 7.18. The van der Waals surface area contributed by atoms with Crippen LogP contribution in [0.3, 0.4) is 0 Å². The summed E-state index contributed by atoms with van der Waals surface area (Å²) in [6.07, 6.45) is 3.07. The second kappa shape index (κ2) is 7.20. The Hall–Kier alpha value is -0.120. The number of rotatable bonds is 8. The molecule has 2 N–H and O–H groups in total. The maximum absolute atomic E-state index is 9.09. The maximum atomic E-state index is 9.09. The first kappa shape index (κ1) is 12.9. The van der Waals surface area contributed by atoms with Gasteiger partial charge in [-0.25, -0.2) is 0 Å². The highest BCUT2D eigenvalue weighted by Gasteiger charge is 2.26. The van der Waals surface area contributed by atoms with Crippen LogP contribution in [0.25, 0.3) is 0 Å². The second-order valence-electron chi connectivity index (χ2n) is 4.99. The molecule has 0 bridgehead atoms. The van der Waals surface area contributed by atoms with Crippen LogP contribution in [0.1, 0.15) is 33.1 Å². The predicted octanol–water partition coefficient (Wildman–Crippen LogP) is 1.41. The van der Waals surface area contributed by atoms with Crippen molar-refractivity contribution < 1.29 is 9.84 Å². The molecule has 1 saturated carbocycles. The lowest BCUT2D eigenvalue weighted by Gasteiger charge is -2.31. The quantitative estimate of drug-likeness (QED) is 0.602. The number of hydrogen-bond acceptors (Lipinski definition) is 3. The van der Waals surface area contributed by atoms with Crippen LogP contribution in [0.5, 0.6) is 0 Å². The van der Waals surface area contributed by atoms with Crippen molar-refractivity contribution in [3.05, 3.63) is 0 Å². The summed E-state index contributed by atoms with van der Waals surface area (Å²) in [6, 6.07) is 0. The molecule has 0 aliphatic heterocycles. The van der Waals surface area contributed by atoms with E-state index in [9.17, 15) is 0 Å². The van der Waals surface area contributed by atoms with Gasteiger partial charge in [0.2, 0.25) is 0 Å². The highest BCUT2D eigenvalue weighted by Crippen LogP contribution is 2.25. The van der Waals surface area contributed by atoms with Crippen molar-refractivity contribution in [3.63, 3.8) is 0 Å². The molecule has 1 fully saturated rings. The van der Waals surface area contributed by atoms with Crippen LogP contribution in [0.2, 0.25) is 0 Å². The zero-order valence-corrected chi connectivity index (χ0v) is 10.0. The molecule has 1 rings (SSSR count). The summed E-state index contributed by atoms with van der Waals surface area (Å²) >= 11 is 0. The lowest BCUT2D eigenvalue weighted by Crippen LogP contribution is -2.37. The molecule has 15 heavy (non-hydrogen) atoms. The maximum Gasteiger partial charge on any atom is 0.0590 e. The largest absolute Gasteiger partial charge is 0.393 e. The van der Waals surface area contributed by atoms with Crippen LogP contribution in [0.4, 0.5) is 0 Å². The van der Waals surface area contributed by atoms with E-state index in [2.05, 4.69) is 19.2 Å². The van der Waals surface area contributed by atoms with Crippen molar-refractivity contribution in [1.82, 2.24) is 5.32 Å². The summed E-state index contributed by atoms with van der Waals surface area (Å²) in [5.74, 6) is 1.42. The van der Waals surface area contributed by atoms with Crippen molar-refractivity contribution in [2.75, 3.05) is 26.3 Å². The number of ether oxygens (including phenoxy) is 1. The van der Waals surface area contributed by atoms with E-state index in [-0.39, 0.29) is 6.10 Å². The van der Waals surface area contributed by atoms with Crippen molar-refractivity contribution in [3.8, 4) is 0 Å². The number of nitrogens with one attached hydrogen (secondary N) is 1. The highest BCUT2D eigenvalue weighted by molar-refractivity contribution is 4.79. The van der Waals surface area contributed by atoms with Crippen LogP contribution in [-0.2, 0) is 4.74 Å². The van der Waals surface area contributed by atoms with Crippen molar-refractivity contribution in [1.29, 1.82) is 0 Å². The molecule has 0 heterocycles. The third-order valence-corrected chi connectivity index (χ3v) is 2.91. The van der Waals surface area contributed by atoms with Gasteiger partial charge in [-0.2, -0.15) is 0 Å². The Balaban J connectivity index is 1.74. The Kier molecular flexibility index (Phi) is 6.22. The van der Waals surface area contributed by atoms with E-state index >= 15 is 0 Å². The van der Waals surface area contributed by atoms with Gasteiger partial charge in [-0.15, -0.1) is 0 Å². The Morgan fingerprint density at radius 2 is 2.07 bits per heavy atom. The Labute approximate surface area is 93.2 Å². The minimum atomic E-state index is -0.0286. The van der Waals surface area contributed by atoms with E-state index < -0.39 is 0 Å². The fourth-order valence-electron chi connectivity index (χ4n) is 1.74. The lowest BCUT2D eigenvalue weighted by atomic mass is 9.82. The van der Waals surface area contributed by atoms with Gasteiger partial charge in [-0.3, -0.25) is 0 Å². The normalized spacial score (nSPS) is 25.6. The highest BCUT2D eigenvalue weighted by atomic mass is 16.5. The van der Waals surface area contributed by atoms with Gasteiger partial charge in [0, 0.05) is 13.2 Å². The molecular weight excluding hydrogens is 190 g/mol. The lowest BCUT2D eigenvalue weighted by molar-refractivity contribution is 0.0417. The van der Waals surface area contributed by atoms with Crippen molar-refractivity contribution in [2.45, 2.75) is 39.2 Å². The fourth-order valence-corrected chi connectivity index (χ4v) is 1.74. The molecule has 0 amide bonds. The average Bonchev–Trinajstić information content (AvgIpc) is 2.12. The SMILES string of the molecule is CC(C)CCOCCNCC1CC(O)C1. The first-order valence-corrected chi connectivity index (χ1v) is 6.15. The molecule has 3 heteroatoms. The summed E-state index contributed by atoms with van der Waals surface area (Å²) < 4.78 is 5.49. The second-order valence-corrected chi connectivity index (χ2v) is 4.99. The first-order valence-electron chi connectivity index (χ1n) is 6.15. The Morgan fingerprint density at radius 3 is 2.67 bits per heavy atom. The topological polar surface area (TPSA) is 41.5 Å². The standard InChI is InChI=1S/C12H25NO2/c1-10(2)3-5-15-6-4-13-9-11-7-12(14)8-11/h10-14H,3-9H2,1-2H3. The van der Waals surface area contributed by atoms with Gasteiger partial charge in [-0.05, 0) is 37.6 Å². The van der Waals surface area contributed by atoms with Crippen LogP contribution in [0, 0.1) is 11.8 Å². The van der Waals surface area contributed by atoms with E-state index in [4.69, 9.17) is 9.84 Å². The molecule has 90 valence electrons. The molecule has 1 aliphatic rings. The third kappa shape index (κ3) is 6.13. The molecule has 0 saturated heterocycles. The zero-order chi connectivity index (χ0) is 11.1. The summed E-state index contributed by atoms with van der Waals surface area (Å²) in [7, 11) is 0. The molecule has 0 aromatic heterocycles. The van der Waals surface area contributed by atoms with Gasteiger partial charge < -0.3 is 15.2 Å². The number of hydrogen-bond donors (Lipinski definition) is 2. The molecule has 0 atom stereocenters. The van der Waals surface area contributed by atoms with Crippen molar-refractivity contribution in [2.24, 2.45) is 11.8 Å². The minimum Gasteiger partial charge on any atom is -0.393 e. The van der Waals surface area contributed by atoms with Gasteiger partial charge in [0.25, 0.3) is 0 Å². The smallest absolute Gasteiger partial charge is 0.0590 e. The average molecular weight is 215 g/mol. The van der Waals surface area contributed by atoms with Crippen LogP contribution >= 0.6 is 0 Å². The summed E-state index contributed by atoms with van der Waals surface area (Å²) in [5.41, 5.74) is 0. The third-order valence-electron chi connectivity index (χ3n) is 2.91. The fraction of sp³-hybridized carbons (Fsp3) is 1.00. The molecule has 1 aliphatic carbocycles. The summed E-state index contributed by atoms with van der Waals surface area (Å²) in [5, 5.41) is 12.5. The van der Waals surface area contributed by atoms with Crippen LogP contribution in [-0.4, -0.2) is 37.5 Å².